The number of carboxylic acid groups (broad SMARTS) is 1. The number of hydrogen-bond donors (Lipinski definition) is 1. The number of rotatable bonds is 12. The van der Waals surface area contributed by atoms with Gasteiger partial charge >= 0.3 is 5.97 Å². The smallest absolute Gasteiger partial charge is 0.335 e. The number of ether oxygens (including phenoxy) is 1. The second kappa shape index (κ2) is 10.2. The van der Waals surface area contributed by atoms with Crippen molar-refractivity contribution in [1.29, 1.82) is 0 Å². The average molecular weight is 293 g/mol. The summed E-state index contributed by atoms with van der Waals surface area (Å²) in [5.41, 5.74) is -1.10. The molecule has 112 valence electrons. The summed E-state index contributed by atoms with van der Waals surface area (Å²) in [6.07, 6.45) is 6.62. The first-order valence-corrected chi connectivity index (χ1v) is 7.38. The van der Waals surface area contributed by atoms with Gasteiger partial charge in [-0.2, -0.15) is 0 Å². The summed E-state index contributed by atoms with van der Waals surface area (Å²) < 4.78 is 5.31. The molecule has 0 aromatic heterocycles. The van der Waals surface area contributed by atoms with Crippen molar-refractivity contribution in [2.45, 2.75) is 64.4 Å². The van der Waals surface area contributed by atoms with Gasteiger partial charge in [-0.05, 0) is 26.7 Å². The maximum absolute atomic E-state index is 10.9. The molecule has 0 saturated carbocycles. The van der Waals surface area contributed by atoms with Crippen molar-refractivity contribution in [3.63, 3.8) is 0 Å². The summed E-state index contributed by atoms with van der Waals surface area (Å²) in [6.45, 7) is 3.59. The van der Waals surface area contributed by atoms with Gasteiger partial charge in [0.15, 0.2) is 5.60 Å². The molecular formula is C14H25ClO4. The first kappa shape index (κ1) is 18.4. The van der Waals surface area contributed by atoms with E-state index in [0.29, 0.717) is 13.0 Å². The highest BCUT2D eigenvalue weighted by atomic mass is 35.5. The molecule has 4 nitrogen and oxygen atoms in total. The molecule has 0 spiro atoms. The highest BCUT2D eigenvalue weighted by molar-refractivity contribution is 6.27. The molecule has 0 radical (unpaired) electrons. The molecule has 0 heterocycles. The van der Waals surface area contributed by atoms with Crippen LogP contribution in [0.15, 0.2) is 0 Å². The number of carboxylic acids is 1. The number of unbranched alkanes of at least 4 members (excludes halogenated alkanes) is 5. The van der Waals surface area contributed by atoms with Crippen LogP contribution in [0.2, 0.25) is 0 Å². The van der Waals surface area contributed by atoms with Gasteiger partial charge in [-0.25, -0.2) is 4.79 Å². The highest BCUT2D eigenvalue weighted by Crippen LogP contribution is 2.12. The SMILES string of the molecule is CC(C)(OCCCCCCCCC(=O)CCl)C(=O)O. The van der Waals surface area contributed by atoms with Gasteiger partial charge in [0.25, 0.3) is 0 Å². The summed E-state index contributed by atoms with van der Waals surface area (Å²) in [5, 5.41) is 8.84. The molecule has 19 heavy (non-hydrogen) atoms. The van der Waals surface area contributed by atoms with Crippen molar-refractivity contribution < 1.29 is 19.4 Å². The molecule has 0 aliphatic carbocycles. The molecule has 5 heteroatoms. The van der Waals surface area contributed by atoms with Gasteiger partial charge in [-0.15, -0.1) is 11.6 Å². The molecule has 0 unspecified atom stereocenters. The lowest BCUT2D eigenvalue weighted by molar-refractivity contribution is -0.161. The maximum Gasteiger partial charge on any atom is 0.335 e. The third-order valence-electron chi connectivity index (χ3n) is 2.98. The lowest BCUT2D eigenvalue weighted by Crippen LogP contribution is -2.35. The van der Waals surface area contributed by atoms with Gasteiger partial charge in [0, 0.05) is 13.0 Å². The van der Waals surface area contributed by atoms with Crippen LogP contribution in [-0.4, -0.2) is 34.9 Å². The summed E-state index contributed by atoms with van der Waals surface area (Å²) >= 11 is 5.40. The van der Waals surface area contributed by atoms with E-state index >= 15 is 0 Å². The second-order valence-electron chi connectivity index (χ2n) is 5.21. The molecule has 0 saturated heterocycles. The molecule has 0 aromatic carbocycles. The topological polar surface area (TPSA) is 63.6 Å². The molecule has 1 N–H and O–H groups in total. The Balaban J connectivity index is 3.33. The van der Waals surface area contributed by atoms with Crippen molar-refractivity contribution in [3.8, 4) is 0 Å². The van der Waals surface area contributed by atoms with Crippen LogP contribution in [0, 0.1) is 0 Å². The van der Waals surface area contributed by atoms with Crippen LogP contribution in [0.25, 0.3) is 0 Å². The predicted molar refractivity (Wildman–Crippen MR) is 75.7 cm³/mol. The molecule has 0 aromatic rings. The van der Waals surface area contributed by atoms with E-state index in [1.807, 2.05) is 0 Å². The van der Waals surface area contributed by atoms with Crippen LogP contribution < -0.4 is 0 Å². The van der Waals surface area contributed by atoms with E-state index in [0.717, 1.165) is 38.5 Å². The summed E-state index contributed by atoms with van der Waals surface area (Å²) in [4.78, 5) is 21.7. The van der Waals surface area contributed by atoms with Crippen LogP contribution in [0.1, 0.15) is 58.8 Å². The van der Waals surface area contributed by atoms with Crippen molar-refractivity contribution in [2.75, 3.05) is 12.5 Å². The number of hydrogen-bond acceptors (Lipinski definition) is 3. The van der Waals surface area contributed by atoms with Gasteiger partial charge in [0.1, 0.15) is 5.78 Å². The molecule has 0 amide bonds. The van der Waals surface area contributed by atoms with E-state index < -0.39 is 11.6 Å². The van der Waals surface area contributed by atoms with Gasteiger partial charge in [-0.3, -0.25) is 4.79 Å². The number of halogens is 1. The van der Waals surface area contributed by atoms with Crippen LogP contribution in [0.3, 0.4) is 0 Å². The molecule has 0 bridgehead atoms. The average Bonchev–Trinajstić information content (AvgIpc) is 2.36. The Hall–Kier alpha value is -0.610. The van der Waals surface area contributed by atoms with Crippen molar-refractivity contribution in [3.05, 3.63) is 0 Å². The Labute approximate surface area is 120 Å². The number of ketones is 1. The molecule has 0 fully saturated rings. The van der Waals surface area contributed by atoms with Crippen molar-refractivity contribution in [2.24, 2.45) is 0 Å². The largest absolute Gasteiger partial charge is 0.479 e. The molecule has 0 atom stereocenters. The van der Waals surface area contributed by atoms with Crippen molar-refractivity contribution >= 4 is 23.4 Å². The minimum atomic E-state index is -1.10. The Morgan fingerprint density at radius 1 is 1.05 bits per heavy atom. The minimum Gasteiger partial charge on any atom is -0.479 e. The Kier molecular flexibility index (Phi) is 9.88. The lowest BCUT2D eigenvalue weighted by atomic mass is 10.1. The van der Waals surface area contributed by atoms with Crippen LogP contribution >= 0.6 is 11.6 Å². The third kappa shape index (κ3) is 9.91. The van der Waals surface area contributed by atoms with Gasteiger partial charge in [-0.1, -0.05) is 25.7 Å². The fourth-order valence-corrected chi connectivity index (χ4v) is 1.72. The number of Topliss-reactive ketones (excluding diaryl/α,β-unsaturated/α-hetero) is 1. The molecule has 0 aliphatic heterocycles. The minimum absolute atomic E-state index is 0.117. The van der Waals surface area contributed by atoms with E-state index in [9.17, 15) is 9.59 Å². The summed E-state index contributed by atoms with van der Waals surface area (Å²) in [5.74, 6) is -0.695. The van der Waals surface area contributed by atoms with Gasteiger partial charge in [0.2, 0.25) is 0 Å². The van der Waals surface area contributed by atoms with Crippen LogP contribution in [-0.2, 0) is 14.3 Å². The standard InChI is InChI=1S/C14H25ClO4/c1-14(2,13(17)18)19-10-8-6-4-3-5-7-9-12(16)11-15/h3-11H2,1-2H3,(H,17,18). The Morgan fingerprint density at radius 3 is 2.11 bits per heavy atom. The second-order valence-corrected chi connectivity index (χ2v) is 5.47. The number of carbonyl (C=O) groups excluding carboxylic acids is 1. The highest BCUT2D eigenvalue weighted by Gasteiger charge is 2.27. The first-order valence-electron chi connectivity index (χ1n) is 6.85. The Morgan fingerprint density at radius 2 is 1.58 bits per heavy atom. The van der Waals surface area contributed by atoms with E-state index in [1.165, 1.54) is 0 Å². The van der Waals surface area contributed by atoms with Crippen molar-refractivity contribution in [1.82, 2.24) is 0 Å². The normalized spacial score (nSPS) is 11.5. The lowest BCUT2D eigenvalue weighted by Gasteiger charge is -2.19. The molecular weight excluding hydrogens is 268 g/mol. The van der Waals surface area contributed by atoms with Gasteiger partial charge < -0.3 is 9.84 Å². The monoisotopic (exact) mass is 292 g/mol. The van der Waals surface area contributed by atoms with E-state index in [-0.39, 0.29) is 11.7 Å². The summed E-state index contributed by atoms with van der Waals surface area (Å²) in [6, 6.07) is 0. The van der Waals surface area contributed by atoms with E-state index in [1.54, 1.807) is 13.8 Å². The quantitative estimate of drug-likeness (QED) is 0.442. The summed E-state index contributed by atoms with van der Waals surface area (Å²) in [7, 11) is 0. The van der Waals surface area contributed by atoms with E-state index in [2.05, 4.69) is 0 Å². The maximum atomic E-state index is 10.9. The Bertz CT molecular complexity index is 277. The molecule has 0 rings (SSSR count). The third-order valence-corrected chi connectivity index (χ3v) is 3.28. The van der Waals surface area contributed by atoms with E-state index in [4.69, 9.17) is 21.4 Å². The fourth-order valence-electron chi connectivity index (χ4n) is 1.59. The van der Waals surface area contributed by atoms with Gasteiger partial charge in [0.05, 0.1) is 5.88 Å². The zero-order chi connectivity index (χ0) is 14.7. The predicted octanol–water partition coefficient (Wildman–Crippen LogP) is 3.40. The number of alkyl halides is 1. The van der Waals surface area contributed by atoms with Crippen LogP contribution in [0.4, 0.5) is 0 Å². The number of carbonyl (C=O) groups is 2. The zero-order valence-electron chi connectivity index (χ0n) is 11.9. The fraction of sp³-hybridized carbons (Fsp3) is 0.857. The number of aliphatic carboxylic acids is 1. The molecule has 0 aliphatic rings. The zero-order valence-corrected chi connectivity index (χ0v) is 12.7. The van der Waals surface area contributed by atoms with Crippen LogP contribution in [0.5, 0.6) is 0 Å². The first-order chi connectivity index (χ1) is 8.90.